The van der Waals surface area contributed by atoms with Gasteiger partial charge in [-0.05, 0) is 111 Å². The van der Waals surface area contributed by atoms with E-state index >= 15 is 0 Å². The van der Waals surface area contributed by atoms with Gasteiger partial charge < -0.3 is 24.8 Å². The summed E-state index contributed by atoms with van der Waals surface area (Å²) in [6.07, 6.45) is -0.131. The van der Waals surface area contributed by atoms with Crippen LogP contribution in [0.1, 0.15) is 37.8 Å². The number of anilines is 2. The molecule has 0 aliphatic carbocycles. The van der Waals surface area contributed by atoms with E-state index < -0.39 is 12.2 Å². The number of carbonyl (C=O) groups is 2. The lowest BCUT2D eigenvalue weighted by Crippen LogP contribution is -2.32. The van der Waals surface area contributed by atoms with Gasteiger partial charge in [0.2, 0.25) is 0 Å². The Morgan fingerprint density at radius 2 is 0.976 bits per heavy atom. The zero-order chi connectivity index (χ0) is 29.2. The Hall–Kier alpha value is -4.78. The second-order valence-corrected chi connectivity index (χ2v) is 9.79. The van der Waals surface area contributed by atoms with Crippen LogP contribution in [0.15, 0.2) is 97.1 Å². The molecule has 2 amide bonds. The molecule has 2 N–H and O–H groups in total. The Labute approximate surface area is 241 Å². The summed E-state index contributed by atoms with van der Waals surface area (Å²) < 4.78 is 17.7. The van der Waals surface area contributed by atoms with Crippen molar-refractivity contribution < 1.29 is 23.8 Å². The summed E-state index contributed by atoms with van der Waals surface area (Å²) in [5.41, 5.74) is 3.43. The Morgan fingerprint density at radius 1 is 0.585 bits per heavy atom. The van der Waals surface area contributed by atoms with Crippen LogP contribution in [0.2, 0.25) is 0 Å². The predicted octanol–water partition coefficient (Wildman–Crippen LogP) is 7.69. The van der Waals surface area contributed by atoms with Crippen LogP contribution < -0.4 is 24.8 Å². The van der Waals surface area contributed by atoms with E-state index in [2.05, 4.69) is 10.6 Å². The highest BCUT2D eigenvalue weighted by Gasteiger charge is 2.20. The van der Waals surface area contributed by atoms with Crippen LogP contribution >= 0.6 is 0 Å². The number of amides is 2. The molecule has 0 heterocycles. The average Bonchev–Trinajstić information content (AvgIpc) is 2.96. The summed E-state index contributed by atoms with van der Waals surface area (Å²) in [4.78, 5) is 25.6. The Balaban J connectivity index is 1.29. The van der Waals surface area contributed by atoms with Crippen LogP contribution in [-0.2, 0) is 9.59 Å². The molecule has 0 bridgehead atoms. The van der Waals surface area contributed by atoms with Gasteiger partial charge in [-0.2, -0.15) is 0 Å². The fourth-order valence-electron chi connectivity index (χ4n) is 4.14. The molecule has 4 rings (SSSR count). The van der Waals surface area contributed by atoms with Gasteiger partial charge in [-0.25, -0.2) is 0 Å². The second-order valence-electron chi connectivity index (χ2n) is 9.79. The highest BCUT2D eigenvalue weighted by molar-refractivity contribution is 5.95. The Kier molecular flexibility index (Phi) is 9.99. The first-order valence-electron chi connectivity index (χ1n) is 13.8. The van der Waals surface area contributed by atoms with Gasteiger partial charge in [-0.1, -0.05) is 38.1 Å². The molecule has 7 nitrogen and oxygen atoms in total. The van der Waals surface area contributed by atoms with Crippen LogP contribution in [0.4, 0.5) is 11.4 Å². The van der Waals surface area contributed by atoms with E-state index in [0.717, 1.165) is 11.1 Å². The lowest BCUT2D eigenvalue weighted by Gasteiger charge is -2.18. The van der Waals surface area contributed by atoms with Crippen molar-refractivity contribution >= 4 is 23.2 Å². The molecule has 7 heteroatoms. The van der Waals surface area contributed by atoms with Crippen molar-refractivity contribution in [3.63, 3.8) is 0 Å². The number of hydrogen-bond acceptors (Lipinski definition) is 5. The summed E-state index contributed by atoms with van der Waals surface area (Å²) >= 11 is 0. The van der Waals surface area contributed by atoms with Crippen LogP contribution in [0.25, 0.3) is 0 Å². The summed E-state index contributed by atoms with van der Waals surface area (Å²) in [5.74, 6) is 2.13. The van der Waals surface area contributed by atoms with Gasteiger partial charge in [0.15, 0.2) is 12.2 Å². The molecule has 2 unspecified atom stereocenters. The van der Waals surface area contributed by atoms with Crippen molar-refractivity contribution in [1.29, 1.82) is 0 Å². The third kappa shape index (κ3) is 8.60. The van der Waals surface area contributed by atoms with Crippen molar-refractivity contribution in [2.45, 2.75) is 52.7 Å². The number of aryl methyl sites for hydroxylation is 2. The molecule has 0 saturated carbocycles. The molecule has 212 valence electrons. The highest BCUT2D eigenvalue weighted by Crippen LogP contribution is 2.25. The van der Waals surface area contributed by atoms with E-state index in [0.29, 0.717) is 47.2 Å². The molecule has 4 aromatic carbocycles. The molecule has 0 aliphatic heterocycles. The fourth-order valence-corrected chi connectivity index (χ4v) is 4.14. The van der Waals surface area contributed by atoms with E-state index in [-0.39, 0.29) is 11.8 Å². The predicted molar refractivity (Wildman–Crippen MR) is 162 cm³/mol. The van der Waals surface area contributed by atoms with E-state index in [4.69, 9.17) is 14.2 Å². The topological polar surface area (TPSA) is 85.9 Å². The third-order valence-corrected chi connectivity index (χ3v) is 6.34. The SMILES string of the molecule is CCC(Oc1cccc(C)c1)C(=O)Nc1ccc(Oc2ccc(NC(=O)C(CC)Oc3cccc(C)c3)cc2)cc1. The maximum absolute atomic E-state index is 12.8. The van der Waals surface area contributed by atoms with E-state index in [9.17, 15) is 9.59 Å². The van der Waals surface area contributed by atoms with E-state index in [1.165, 1.54) is 0 Å². The normalized spacial score (nSPS) is 12.1. The van der Waals surface area contributed by atoms with Crippen molar-refractivity contribution in [1.82, 2.24) is 0 Å². The first-order chi connectivity index (χ1) is 19.8. The zero-order valence-corrected chi connectivity index (χ0v) is 23.8. The molecule has 2 atom stereocenters. The second kappa shape index (κ2) is 14.0. The van der Waals surface area contributed by atoms with Crippen LogP contribution in [0.5, 0.6) is 23.0 Å². The molecule has 41 heavy (non-hydrogen) atoms. The molecule has 0 radical (unpaired) electrons. The maximum Gasteiger partial charge on any atom is 0.265 e. The van der Waals surface area contributed by atoms with Crippen molar-refractivity contribution in [3.8, 4) is 23.0 Å². The van der Waals surface area contributed by atoms with Gasteiger partial charge in [0.05, 0.1) is 0 Å². The van der Waals surface area contributed by atoms with Crippen molar-refractivity contribution in [2.24, 2.45) is 0 Å². The molecular formula is C34H36N2O5. The van der Waals surface area contributed by atoms with Crippen molar-refractivity contribution in [2.75, 3.05) is 10.6 Å². The Bertz CT molecular complexity index is 1340. The monoisotopic (exact) mass is 552 g/mol. The number of ether oxygens (including phenoxy) is 3. The minimum atomic E-state index is -0.603. The quantitative estimate of drug-likeness (QED) is 0.188. The van der Waals surface area contributed by atoms with Gasteiger partial charge in [0, 0.05) is 11.4 Å². The maximum atomic E-state index is 12.8. The Morgan fingerprint density at radius 3 is 1.32 bits per heavy atom. The van der Waals surface area contributed by atoms with Gasteiger partial charge in [0.1, 0.15) is 23.0 Å². The average molecular weight is 553 g/mol. The molecule has 0 spiro atoms. The van der Waals surface area contributed by atoms with Crippen LogP contribution in [0.3, 0.4) is 0 Å². The molecule has 0 aromatic heterocycles. The number of hydrogen-bond donors (Lipinski definition) is 2. The summed E-state index contributed by atoms with van der Waals surface area (Å²) in [6.45, 7) is 7.79. The zero-order valence-electron chi connectivity index (χ0n) is 23.8. The van der Waals surface area contributed by atoms with Crippen molar-refractivity contribution in [3.05, 3.63) is 108 Å². The molecular weight excluding hydrogens is 516 g/mol. The minimum Gasteiger partial charge on any atom is -0.481 e. The van der Waals surface area contributed by atoms with Gasteiger partial charge in [0.25, 0.3) is 11.8 Å². The lowest BCUT2D eigenvalue weighted by atomic mass is 10.2. The summed E-state index contributed by atoms with van der Waals surface area (Å²) in [7, 11) is 0. The van der Waals surface area contributed by atoms with E-state index in [1.807, 2.05) is 76.2 Å². The fraction of sp³-hybridized carbons (Fsp3) is 0.235. The third-order valence-electron chi connectivity index (χ3n) is 6.34. The van der Waals surface area contributed by atoms with Crippen LogP contribution in [-0.4, -0.2) is 24.0 Å². The molecule has 0 fully saturated rings. The molecule has 0 saturated heterocycles. The number of nitrogens with one attached hydrogen (secondary N) is 2. The van der Waals surface area contributed by atoms with Gasteiger partial charge in [-0.3, -0.25) is 9.59 Å². The molecule has 0 aliphatic rings. The first kappa shape index (κ1) is 29.2. The van der Waals surface area contributed by atoms with Gasteiger partial charge >= 0.3 is 0 Å². The number of benzene rings is 4. The summed E-state index contributed by atoms with van der Waals surface area (Å²) in [6, 6.07) is 29.5. The largest absolute Gasteiger partial charge is 0.481 e. The smallest absolute Gasteiger partial charge is 0.265 e. The van der Waals surface area contributed by atoms with Crippen LogP contribution in [0, 0.1) is 13.8 Å². The standard InChI is InChI=1S/C34H36N2O5/c1-5-31(40-29-11-7-9-23(3)21-29)33(37)35-25-13-17-27(18-14-25)39-28-19-15-26(16-20-28)36-34(38)32(6-2)41-30-12-8-10-24(4)22-30/h7-22,31-32H,5-6H2,1-4H3,(H,35,37)(H,36,38). The summed E-state index contributed by atoms with van der Waals surface area (Å²) in [5, 5.41) is 5.81. The highest BCUT2D eigenvalue weighted by atomic mass is 16.5. The van der Waals surface area contributed by atoms with Gasteiger partial charge in [-0.15, -0.1) is 0 Å². The van der Waals surface area contributed by atoms with E-state index in [1.54, 1.807) is 48.5 Å². The number of carbonyl (C=O) groups excluding carboxylic acids is 2. The molecule has 4 aromatic rings. The minimum absolute atomic E-state index is 0.213. The number of rotatable bonds is 12. The first-order valence-corrected chi connectivity index (χ1v) is 13.8. The lowest BCUT2D eigenvalue weighted by molar-refractivity contribution is -0.123.